The van der Waals surface area contributed by atoms with Gasteiger partial charge in [-0.3, -0.25) is 14.4 Å². The Bertz CT molecular complexity index is 736. The molecule has 0 fully saturated rings. The summed E-state index contributed by atoms with van der Waals surface area (Å²) in [6.07, 6.45) is 4.12. The highest BCUT2D eigenvalue weighted by molar-refractivity contribution is 5.92. The number of H-pyrrole nitrogens is 1. The van der Waals surface area contributed by atoms with Gasteiger partial charge in [0.1, 0.15) is 12.1 Å². The van der Waals surface area contributed by atoms with Gasteiger partial charge >= 0.3 is 5.97 Å². The molecule has 0 aromatic carbocycles. The van der Waals surface area contributed by atoms with E-state index in [0.717, 1.165) is 0 Å². The number of carboxylic acid groups (broad SMARTS) is 1. The lowest BCUT2D eigenvalue weighted by atomic mass is 9.97. The van der Waals surface area contributed by atoms with Crippen molar-refractivity contribution in [1.82, 2.24) is 25.9 Å². The first kappa shape index (κ1) is 26.1. The second-order valence-corrected chi connectivity index (χ2v) is 8.06. The van der Waals surface area contributed by atoms with Gasteiger partial charge in [-0.2, -0.15) is 0 Å². The summed E-state index contributed by atoms with van der Waals surface area (Å²) in [5.74, 6) is -2.96. The minimum absolute atomic E-state index is 0.0687. The van der Waals surface area contributed by atoms with E-state index in [-0.39, 0.29) is 31.2 Å². The number of carbonyl (C=O) groups excluding carboxylic acids is 3. The van der Waals surface area contributed by atoms with Crippen LogP contribution in [-0.4, -0.2) is 63.4 Å². The van der Waals surface area contributed by atoms with E-state index in [1.165, 1.54) is 6.33 Å². The maximum absolute atomic E-state index is 12.7. The number of carbonyl (C=O) groups is 4. The molecule has 1 aromatic rings. The lowest BCUT2D eigenvalue weighted by molar-refractivity contribution is -0.143. The fourth-order valence-electron chi connectivity index (χ4n) is 2.91. The maximum atomic E-state index is 12.7. The molecule has 0 spiro atoms. The molecule has 1 heterocycles. The average molecular weight is 439 g/mol. The smallest absolute Gasteiger partial charge is 0.326 e. The van der Waals surface area contributed by atoms with Crippen molar-refractivity contribution in [2.24, 2.45) is 17.6 Å². The Morgan fingerprint density at radius 2 is 1.84 bits per heavy atom. The molecule has 1 rings (SSSR count). The number of carboxylic acids is 1. The number of nitrogens with zero attached hydrogens (tertiary/aromatic N) is 1. The summed E-state index contributed by atoms with van der Waals surface area (Å²) < 4.78 is 0. The summed E-state index contributed by atoms with van der Waals surface area (Å²) in [4.78, 5) is 55.3. The normalized spacial score (nSPS) is 14.9. The van der Waals surface area contributed by atoms with Gasteiger partial charge in [-0.25, -0.2) is 9.78 Å². The van der Waals surface area contributed by atoms with Gasteiger partial charge in [0.05, 0.1) is 18.9 Å². The molecule has 1 aromatic heterocycles. The van der Waals surface area contributed by atoms with Crippen LogP contribution in [0.25, 0.3) is 0 Å². The van der Waals surface area contributed by atoms with Crippen molar-refractivity contribution in [3.05, 3.63) is 18.2 Å². The molecule has 3 amide bonds. The number of amides is 3. The van der Waals surface area contributed by atoms with Gasteiger partial charge in [-0.15, -0.1) is 0 Å². The lowest BCUT2D eigenvalue weighted by Gasteiger charge is -2.26. The minimum Gasteiger partial charge on any atom is -0.480 e. The summed E-state index contributed by atoms with van der Waals surface area (Å²) in [6.45, 7) is 6.99. The van der Waals surface area contributed by atoms with Crippen LogP contribution < -0.4 is 21.7 Å². The van der Waals surface area contributed by atoms with Gasteiger partial charge in [-0.05, 0) is 18.3 Å². The lowest BCUT2D eigenvalue weighted by Crippen LogP contribution is -2.56. The van der Waals surface area contributed by atoms with Gasteiger partial charge in [0.2, 0.25) is 17.7 Å². The highest BCUT2D eigenvalue weighted by Crippen LogP contribution is 2.10. The standard InChI is InChI=1S/C20H34N6O5/c1-5-12(4)17(19(29)25-15(20(30)31)6-11(2)3)26-16(27)9-23-18(28)14(21)7-13-8-22-10-24-13/h8,10-12,14-15,17H,5-7,9,21H2,1-4H3,(H,22,24)(H,23,28)(H,25,29)(H,26,27)(H,30,31). The van der Waals surface area contributed by atoms with Gasteiger partial charge in [0.25, 0.3) is 0 Å². The highest BCUT2D eigenvalue weighted by Gasteiger charge is 2.30. The Morgan fingerprint density at radius 3 is 2.35 bits per heavy atom. The molecule has 0 radical (unpaired) electrons. The highest BCUT2D eigenvalue weighted by atomic mass is 16.4. The summed E-state index contributed by atoms with van der Waals surface area (Å²) in [7, 11) is 0. The predicted octanol–water partition coefficient (Wildman–Crippen LogP) is -0.458. The number of nitrogens with two attached hydrogens (primary N) is 1. The molecule has 0 bridgehead atoms. The van der Waals surface area contributed by atoms with Crippen LogP contribution in [0.2, 0.25) is 0 Å². The number of aromatic amines is 1. The second kappa shape index (κ2) is 12.7. The number of rotatable bonds is 13. The van der Waals surface area contributed by atoms with Crippen LogP contribution in [0.4, 0.5) is 0 Å². The molecule has 4 atom stereocenters. The largest absolute Gasteiger partial charge is 0.480 e. The van der Waals surface area contributed by atoms with Crippen molar-refractivity contribution in [3.8, 4) is 0 Å². The number of aromatic nitrogens is 2. The van der Waals surface area contributed by atoms with Crippen molar-refractivity contribution in [2.45, 2.75) is 65.1 Å². The van der Waals surface area contributed by atoms with E-state index in [2.05, 4.69) is 25.9 Å². The number of aliphatic carboxylic acids is 1. The van der Waals surface area contributed by atoms with Crippen molar-refractivity contribution >= 4 is 23.7 Å². The Hall–Kier alpha value is -2.95. The quantitative estimate of drug-likeness (QED) is 0.241. The zero-order chi connectivity index (χ0) is 23.6. The molecule has 174 valence electrons. The van der Waals surface area contributed by atoms with Crippen LogP contribution in [-0.2, 0) is 25.6 Å². The Balaban J connectivity index is 2.65. The van der Waals surface area contributed by atoms with Crippen molar-refractivity contribution in [2.75, 3.05) is 6.54 Å². The molecule has 11 heteroatoms. The Morgan fingerprint density at radius 1 is 1.16 bits per heavy atom. The minimum atomic E-state index is -1.13. The number of hydrogen-bond donors (Lipinski definition) is 6. The summed E-state index contributed by atoms with van der Waals surface area (Å²) in [5.41, 5.74) is 6.52. The van der Waals surface area contributed by atoms with Gasteiger partial charge in [-0.1, -0.05) is 34.1 Å². The molecule has 31 heavy (non-hydrogen) atoms. The molecule has 7 N–H and O–H groups in total. The first-order valence-electron chi connectivity index (χ1n) is 10.4. The summed E-state index contributed by atoms with van der Waals surface area (Å²) >= 11 is 0. The van der Waals surface area contributed by atoms with Crippen LogP contribution in [0.15, 0.2) is 12.5 Å². The average Bonchev–Trinajstić information content (AvgIpc) is 3.21. The third-order valence-corrected chi connectivity index (χ3v) is 4.89. The van der Waals surface area contributed by atoms with Crippen LogP contribution in [0.3, 0.4) is 0 Å². The third kappa shape index (κ3) is 9.16. The van der Waals surface area contributed by atoms with Crippen LogP contribution in [0.5, 0.6) is 0 Å². The van der Waals surface area contributed by atoms with Gasteiger partial charge in [0, 0.05) is 18.3 Å². The second-order valence-electron chi connectivity index (χ2n) is 8.06. The molecule has 11 nitrogen and oxygen atoms in total. The van der Waals surface area contributed by atoms with Crippen LogP contribution in [0.1, 0.15) is 46.2 Å². The number of hydrogen-bond acceptors (Lipinski definition) is 6. The summed E-state index contributed by atoms with van der Waals surface area (Å²) in [5, 5.41) is 16.9. The molecule has 0 aliphatic heterocycles. The molecule has 0 saturated heterocycles. The molecule has 0 saturated carbocycles. The number of imidazole rings is 1. The zero-order valence-corrected chi connectivity index (χ0v) is 18.5. The van der Waals surface area contributed by atoms with Crippen molar-refractivity contribution < 1.29 is 24.3 Å². The van der Waals surface area contributed by atoms with E-state index in [1.54, 1.807) is 13.1 Å². The van der Waals surface area contributed by atoms with E-state index in [4.69, 9.17) is 5.73 Å². The predicted molar refractivity (Wildman–Crippen MR) is 114 cm³/mol. The topological polar surface area (TPSA) is 179 Å². The van der Waals surface area contributed by atoms with Crippen molar-refractivity contribution in [1.29, 1.82) is 0 Å². The molecule has 0 aliphatic carbocycles. The van der Waals surface area contributed by atoms with E-state index >= 15 is 0 Å². The fourth-order valence-corrected chi connectivity index (χ4v) is 2.91. The maximum Gasteiger partial charge on any atom is 0.326 e. The van der Waals surface area contributed by atoms with E-state index in [9.17, 15) is 24.3 Å². The monoisotopic (exact) mass is 438 g/mol. The van der Waals surface area contributed by atoms with E-state index < -0.39 is 41.8 Å². The van der Waals surface area contributed by atoms with Crippen molar-refractivity contribution in [3.63, 3.8) is 0 Å². The molecular weight excluding hydrogens is 404 g/mol. The van der Waals surface area contributed by atoms with Crippen LogP contribution in [0, 0.1) is 11.8 Å². The van der Waals surface area contributed by atoms with E-state index in [1.807, 2.05) is 20.8 Å². The van der Waals surface area contributed by atoms with Gasteiger partial charge < -0.3 is 31.8 Å². The Labute approximate surface area is 181 Å². The van der Waals surface area contributed by atoms with Gasteiger partial charge in [0.15, 0.2) is 0 Å². The molecule has 0 aliphatic rings. The first-order valence-corrected chi connectivity index (χ1v) is 10.4. The fraction of sp³-hybridized carbons (Fsp3) is 0.650. The summed E-state index contributed by atoms with van der Waals surface area (Å²) in [6, 6.07) is -2.84. The first-order chi connectivity index (χ1) is 14.5. The molecule has 4 unspecified atom stereocenters. The van der Waals surface area contributed by atoms with E-state index in [0.29, 0.717) is 12.1 Å². The zero-order valence-electron chi connectivity index (χ0n) is 18.5. The Kier molecular flexibility index (Phi) is 10.7. The van der Waals surface area contributed by atoms with Crippen LogP contribution >= 0.6 is 0 Å². The number of nitrogens with one attached hydrogen (secondary N) is 4. The third-order valence-electron chi connectivity index (χ3n) is 4.89. The SMILES string of the molecule is CCC(C)C(NC(=O)CNC(=O)C(N)Cc1cnc[nH]1)C(=O)NC(CC(C)C)C(=O)O. The molecular formula is C20H34N6O5.